The third-order valence-electron chi connectivity index (χ3n) is 3.97. The number of cyclic esters (lactones) is 4. The van der Waals surface area contributed by atoms with Gasteiger partial charge in [0, 0.05) is 0 Å². The van der Waals surface area contributed by atoms with E-state index in [1.165, 1.54) is 0 Å². The number of carbonyl (C=O) groups is 3. The second kappa shape index (κ2) is 4.24. The minimum absolute atomic E-state index is 0.290. The fraction of sp³-hybridized carbons (Fsp3) is 0.125. The fourth-order valence-electron chi connectivity index (χ4n) is 2.82. The summed E-state index contributed by atoms with van der Waals surface area (Å²) in [5.41, 5.74) is 2.38. The molecule has 1 N–H and O–H groups in total. The molecule has 1 aliphatic carbocycles. The normalized spacial score (nSPS) is 22.6. The Kier molecular flexibility index (Phi) is 2.45. The van der Waals surface area contributed by atoms with Crippen LogP contribution < -0.4 is 0 Å². The van der Waals surface area contributed by atoms with Crippen LogP contribution in [0.1, 0.15) is 27.9 Å². The van der Waals surface area contributed by atoms with Crippen LogP contribution >= 0.6 is 0 Å². The molecule has 1 aromatic carbocycles. The molecule has 0 bridgehead atoms. The van der Waals surface area contributed by atoms with Gasteiger partial charge in [-0.2, -0.15) is 0 Å². The van der Waals surface area contributed by atoms with E-state index < -0.39 is 29.8 Å². The SMILES string of the molecule is O=C1OC(=O)C2CC=C(c3ccc4c(c3)C(=[OH+])OC4=O)C=C12. The van der Waals surface area contributed by atoms with Gasteiger partial charge in [-0.25, -0.2) is 14.3 Å². The summed E-state index contributed by atoms with van der Waals surface area (Å²) in [4.78, 5) is 44.2. The molecule has 4 rings (SSSR count). The van der Waals surface area contributed by atoms with Crippen molar-refractivity contribution in [2.24, 2.45) is 5.92 Å². The molecule has 2 aliphatic heterocycles. The van der Waals surface area contributed by atoms with E-state index in [-0.39, 0.29) is 0 Å². The average molecular weight is 297 g/mol. The van der Waals surface area contributed by atoms with Gasteiger partial charge >= 0.3 is 23.9 Å². The Hall–Kier alpha value is -3.02. The number of carbonyl (C=O) groups excluding carboxylic acids is 4. The van der Waals surface area contributed by atoms with Crippen molar-refractivity contribution in [2.45, 2.75) is 6.42 Å². The van der Waals surface area contributed by atoms with Crippen molar-refractivity contribution in [3.05, 3.63) is 52.6 Å². The number of fused-ring (bicyclic) bond motifs is 2. The van der Waals surface area contributed by atoms with Gasteiger partial charge in [-0.3, -0.25) is 4.79 Å². The maximum absolute atomic E-state index is 11.6. The molecule has 1 unspecified atom stereocenters. The van der Waals surface area contributed by atoms with Crippen LogP contribution in [0.3, 0.4) is 0 Å². The van der Waals surface area contributed by atoms with Crippen LogP contribution in [0.25, 0.3) is 5.57 Å². The standard InChI is InChI=1S/C16H8O6/c17-13-9-3-1-7(5-11(9)15(19)21-13)8-2-4-10-12(6-8)16(20)22-14(10)18/h1-3,5-6,10H,4H2/p+1. The Bertz CT molecular complexity index is 842. The van der Waals surface area contributed by atoms with Crippen molar-refractivity contribution < 1.29 is 28.7 Å². The van der Waals surface area contributed by atoms with Crippen LogP contribution in [0, 0.1) is 5.92 Å². The van der Waals surface area contributed by atoms with Gasteiger partial charge in [-0.15, -0.1) is 0 Å². The van der Waals surface area contributed by atoms with E-state index in [1.807, 2.05) is 6.08 Å². The molecule has 1 aromatic rings. The van der Waals surface area contributed by atoms with Crippen molar-refractivity contribution in [3.63, 3.8) is 0 Å². The number of benzene rings is 1. The van der Waals surface area contributed by atoms with Gasteiger partial charge in [-0.1, -0.05) is 12.1 Å². The molecular weight excluding hydrogens is 288 g/mol. The number of ether oxygens (including phenoxy) is 2. The predicted octanol–water partition coefficient (Wildman–Crippen LogP) is 1.12. The number of hydrogen-bond acceptors (Lipinski definition) is 5. The van der Waals surface area contributed by atoms with Crippen molar-refractivity contribution in [2.75, 3.05) is 0 Å². The van der Waals surface area contributed by atoms with Crippen molar-refractivity contribution in [3.8, 4) is 0 Å². The van der Waals surface area contributed by atoms with Gasteiger partial charge in [-0.05, 0) is 35.8 Å². The Balaban J connectivity index is 1.76. The van der Waals surface area contributed by atoms with Crippen LogP contribution in [-0.2, 0) is 19.1 Å². The van der Waals surface area contributed by atoms with Crippen LogP contribution in [0.15, 0.2) is 35.9 Å². The lowest BCUT2D eigenvalue weighted by atomic mass is 9.87. The molecule has 1 saturated heterocycles. The fourth-order valence-corrected chi connectivity index (χ4v) is 2.82. The van der Waals surface area contributed by atoms with Crippen molar-refractivity contribution in [1.82, 2.24) is 0 Å². The number of esters is 4. The van der Waals surface area contributed by atoms with Crippen LogP contribution in [-0.4, -0.2) is 28.7 Å². The Labute approximate surface area is 124 Å². The van der Waals surface area contributed by atoms with Gasteiger partial charge in [0.15, 0.2) is 0 Å². The van der Waals surface area contributed by atoms with Gasteiger partial charge in [0.05, 0.1) is 11.5 Å². The summed E-state index contributed by atoms with van der Waals surface area (Å²) < 4.78 is 9.26. The molecule has 108 valence electrons. The quantitative estimate of drug-likeness (QED) is 0.440. The minimum Gasteiger partial charge on any atom is -0.389 e. The van der Waals surface area contributed by atoms with Crippen LogP contribution in [0.2, 0.25) is 0 Å². The molecule has 3 aliphatic rings. The minimum atomic E-state index is -0.616. The first-order chi connectivity index (χ1) is 10.5. The van der Waals surface area contributed by atoms with Gasteiger partial charge in [0.2, 0.25) is 0 Å². The van der Waals surface area contributed by atoms with Crippen molar-refractivity contribution >= 4 is 29.5 Å². The zero-order valence-corrected chi connectivity index (χ0v) is 11.2. The van der Waals surface area contributed by atoms with Crippen molar-refractivity contribution in [1.29, 1.82) is 0 Å². The summed E-state index contributed by atoms with van der Waals surface area (Å²) in [7, 11) is 0. The highest BCUT2D eigenvalue weighted by Crippen LogP contribution is 2.35. The predicted molar refractivity (Wildman–Crippen MR) is 73.2 cm³/mol. The zero-order chi connectivity index (χ0) is 15.4. The molecule has 0 aromatic heterocycles. The highest BCUT2D eigenvalue weighted by atomic mass is 16.6. The van der Waals surface area contributed by atoms with Gasteiger partial charge < -0.3 is 9.53 Å². The third-order valence-corrected chi connectivity index (χ3v) is 3.97. The second-order valence-corrected chi connectivity index (χ2v) is 5.21. The molecule has 0 amide bonds. The van der Waals surface area contributed by atoms with Gasteiger partial charge in [0.1, 0.15) is 11.1 Å². The molecule has 6 nitrogen and oxygen atoms in total. The van der Waals surface area contributed by atoms with Crippen LogP contribution in [0.5, 0.6) is 0 Å². The van der Waals surface area contributed by atoms with E-state index in [2.05, 4.69) is 9.47 Å². The Morgan fingerprint density at radius 2 is 1.86 bits per heavy atom. The molecule has 0 saturated carbocycles. The lowest BCUT2D eigenvalue weighted by molar-refractivity contribution is -0.152. The molecule has 2 heterocycles. The summed E-state index contributed by atoms with van der Waals surface area (Å²) in [6.07, 6.45) is 3.82. The Morgan fingerprint density at radius 1 is 1.05 bits per heavy atom. The highest BCUT2D eigenvalue weighted by molar-refractivity contribution is 6.15. The number of allylic oxidation sites excluding steroid dienone is 3. The van der Waals surface area contributed by atoms with E-state index in [1.54, 1.807) is 24.3 Å². The Morgan fingerprint density at radius 3 is 2.68 bits per heavy atom. The van der Waals surface area contributed by atoms with E-state index in [4.69, 9.17) is 0 Å². The van der Waals surface area contributed by atoms with Crippen LogP contribution in [0.4, 0.5) is 0 Å². The molecule has 6 heteroatoms. The summed E-state index contributed by atoms with van der Waals surface area (Å²) in [6.45, 7) is 0. The average Bonchev–Trinajstić information content (AvgIpc) is 2.96. The lowest BCUT2D eigenvalue weighted by Gasteiger charge is -2.12. The van der Waals surface area contributed by atoms with E-state index in [0.29, 0.717) is 28.7 Å². The number of hydrogen-bond donors (Lipinski definition) is 0. The maximum atomic E-state index is 11.6. The molecule has 1 atom stereocenters. The maximum Gasteiger partial charge on any atom is 0.527 e. The van der Waals surface area contributed by atoms with E-state index in [0.717, 1.165) is 5.57 Å². The zero-order valence-electron chi connectivity index (χ0n) is 11.2. The number of rotatable bonds is 1. The second-order valence-electron chi connectivity index (χ2n) is 5.21. The summed E-state index contributed by atoms with van der Waals surface area (Å²) in [5, 5.41) is 0. The molecule has 0 radical (unpaired) electrons. The van der Waals surface area contributed by atoms with Gasteiger partial charge in [0.25, 0.3) is 0 Å². The largest absolute Gasteiger partial charge is 0.527 e. The first kappa shape index (κ1) is 12.7. The molecule has 0 spiro atoms. The topological polar surface area (TPSA) is 91.1 Å². The molecular formula is C16H9O6+. The molecule has 22 heavy (non-hydrogen) atoms. The summed E-state index contributed by atoms with van der Waals surface area (Å²) in [5.74, 6) is -2.70. The summed E-state index contributed by atoms with van der Waals surface area (Å²) in [6, 6.07) is 4.87. The smallest absolute Gasteiger partial charge is 0.389 e. The lowest BCUT2D eigenvalue weighted by Crippen LogP contribution is -2.11. The van der Waals surface area contributed by atoms with E-state index >= 15 is 0 Å². The highest BCUT2D eigenvalue weighted by Gasteiger charge is 2.41. The first-order valence-electron chi connectivity index (χ1n) is 6.65. The summed E-state index contributed by atoms with van der Waals surface area (Å²) >= 11 is 0. The third kappa shape index (κ3) is 1.67. The first-order valence-corrected chi connectivity index (χ1v) is 6.65. The molecule has 1 fully saturated rings. The van der Waals surface area contributed by atoms with E-state index in [9.17, 15) is 19.2 Å². The monoisotopic (exact) mass is 297 g/mol.